The Balaban J connectivity index is 0.00000144. The minimum absolute atomic E-state index is 0. The summed E-state index contributed by atoms with van der Waals surface area (Å²) in [6, 6.07) is 8.68. The standard InChI is InChI=1S/C14H21NO.ClH/c1-11-3-2-4-14(9-11)16-10-12-5-7-13(15)8-6-12;/h2-4,9,12-13H,5-8,10,15H2,1H3;1H. The van der Waals surface area contributed by atoms with Gasteiger partial charge < -0.3 is 10.5 Å². The molecule has 0 spiro atoms. The summed E-state index contributed by atoms with van der Waals surface area (Å²) in [5.41, 5.74) is 7.14. The Kier molecular flexibility index (Phi) is 5.79. The van der Waals surface area contributed by atoms with Crippen molar-refractivity contribution in [2.75, 3.05) is 6.61 Å². The first kappa shape index (κ1) is 14.3. The highest BCUT2D eigenvalue weighted by Gasteiger charge is 2.18. The fourth-order valence-electron chi connectivity index (χ4n) is 2.27. The van der Waals surface area contributed by atoms with Gasteiger partial charge in [0.2, 0.25) is 0 Å². The van der Waals surface area contributed by atoms with E-state index in [4.69, 9.17) is 10.5 Å². The smallest absolute Gasteiger partial charge is 0.119 e. The van der Waals surface area contributed by atoms with E-state index in [9.17, 15) is 0 Å². The van der Waals surface area contributed by atoms with Crippen molar-refractivity contribution in [3.8, 4) is 5.75 Å². The summed E-state index contributed by atoms with van der Waals surface area (Å²) in [4.78, 5) is 0. The zero-order valence-electron chi connectivity index (χ0n) is 10.4. The number of halogens is 1. The zero-order chi connectivity index (χ0) is 11.4. The highest BCUT2D eigenvalue weighted by molar-refractivity contribution is 5.85. The lowest BCUT2D eigenvalue weighted by molar-refractivity contribution is 0.200. The second-order valence-corrected chi connectivity index (χ2v) is 4.91. The van der Waals surface area contributed by atoms with Crippen LogP contribution in [0.15, 0.2) is 24.3 Å². The van der Waals surface area contributed by atoms with Crippen molar-refractivity contribution >= 4 is 12.4 Å². The molecule has 0 saturated heterocycles. The van der Waals surface area contributed by atoms with Gasteiger partial charge in [0.15, 0.2) is 0 Å². The van der Waals surface area contributed by atoms with Gasteiger partial charge in [0, 0.05) is 6.04 Å². The first-order valence-electron chi connectivity index (χ1n) is 6.19. The van der Waals surface area contributed by atoms with Gasteiger partial charge in [-0.3, -0.25) is 0 Å². The van der Waals surface area contributed by atoms with E-state index in [0.717, 1.165) is 25.2 Å². The molecule has 1 aromatic rings. The van der Waals surface area contributed by atoms with E-state index < -0.39 is 0 Å². The summed E-state index contributed by atoms with van der Waals surface area (Å²) in [7, 11) is 0. The Bertz CT molecular complexity index is 335. The number of aryl methyl sites for hydroxylation is 1. The Labute approximate surface area is 110 Å². The summed E-state index contributed by atoms with van der Waals surface area (Å²) < 4.78 is 5.82. The second-order valence-electron chi connectivity index (χ2n) is 4.91. The van der Waals surface area contributed by atoms with E-state index in [-0.39, 0.29) is 12.4 Å². The van der Waals surface area contributed by atoms with Crippen molar-refractivity contribution in [1.29, 1.82) is 0 Å². The van der Waals surface area contributed by atoms with E-state index >= 15 is 0 Å². The number of nitrogens with two attached hydrogens (primary N) is 1. The molecule has 0 atom stereocenters. The van der Waals surface area contributed by atoms with Crippen molar-refractivity contribution in [3.63, 3.8) is 0 Å². The molecule has 0 heterocycles. The number of hydrogen-bond donors (Lipinski definition) is 1. The molecule has 1 aliphatic carbocycles. The van der Waals surface area contributed by atoms with Gasteiger partial charge in [-0.1, -0.05) is 12.1 Å². The monoisotopic (exact) mass is 255 g/mol. The molecule has 0 bridgehead atoms. The molecule has 96 valence electrons. The van der Waals surface area contributed by atoms with Crippen LogP contribution in [0.2, 0.25) is 0 Å². The third-order valence-electron chi connectivity index (χ3n) is 3.37. The summed E-state index contributed by atoms with van der Waals surface area (Å²) >= 11 is 0. The highest BCUT2D eigenvalue weighted by Crippen LogP contribution is 2.24. The lowest BCUT2D eigenvalue weighted by atomic mass is 9.87. The lowest BCUT2D eigenvalue weighted by Gasteiger charge is -2.25. The molecule has 3 heteroatoms. The summed E-state index contributed by atoms with van der Waals surface area (Å²) in [5, 5.41) is 0. The van der Waals surface area contributed by atoms with Crippen LogP contribution in [0.3, 0.4) is 0 Å². The molecule has 2 rings (SSSR count). The molecule has 1 aromatic carbocycles. The molecule has 2 nitrogen and oxygen atoms in total. The highest BCUT2D eigenvalue weighted by atomic mass is 35.5. The Hall–Kier alpha value is -0.730. The Morgan fingerprint density at radius 1 is 1.24 bits per heavy atom. The average molecular weight is 256 g/mol. The van der Waals surface area contributed by atoms with Crippen LogP contribution in [0, 0.1) is 12.8 Å². The maximum absolute atomic E-state index is 5.88. The van der Waals surface area contributed by atoms with E-state index in [2.05, 4.69) is 19.1 Å². The topological polar surface area (TPSA) is 35.2 Å². The maximum atomic E-state index is 5.88. The molecule has 2 N–H and O–H groups in total. The van der Waals surface area contributed by atoms with E-state index in [1.54, 1.807) is 0 Å². The van der Waals surface area contributed by atoms with Crippen LogP contribution in [0.1, 0.15) is 31.2 Å². The summed E-state index contributed by atoms with van der Waals surface area (Å²) in [6.45, 7) is 2.93. The third-order valence-corrected chi connectivity index (χ3v) is 3.37. The first-order chi connectivity index (χ1) is 7.74. The molecule has 0 radical (unpaired) electrons. The summed E-state index contributed by atoms with van der Waals surface area (Å²) in [6.07, 6.45) is 4.74. The fraction of sp³-hybridized carbons (Fsp3) is 0.571. The first-order valence-corrected chi connectivity index (χ1v) is 6.19. The largest absolute Gasteiger partial charge is 0.493 e. The summed E-state index contributed by atoms with van der Waals surface area (Å²) in [5.74, 6) is 1.69. The van der Waals surface area contributed by atoms with Gasteiger partial charge in [-0.05, 0) is 56.2 Å². The number of rotatable bonds is 3. The average Bonchev–Trinajstić information content (AvgIpc) is 2.28. The second kappa shape index (κ2) is 6.87. The molecule has 0 amide bonds. The van der Waals surface area contributed by atoms with Crippen molar-refractivity contribution < 1.29 is 4.74 Å². The van der Waals surface area contributed by atoms with Crippen LogP contribution < -0.4 is 10.5 Å². The molecule has 1 aliphatic rings. The van der Waals surface area contributed by atoms with Crippen LogP contribution in [0.5, 0.6) is 5.75 Å². The van der Waals surface area contributed by atoms with E-state index in [1.807, 2.05) is 12.1 Å². The Morgan fingerprint density at radius 3 is 2.59 bits per heavy atom. The zero-order valence-corrected chi connectivity index (χ0v) is 11.2. The number of benzene rings is 1. The van der Waals surface area contributed by atoms with Crippen molar-refractivity contribution in [3.05, 3.63) is 29.8 Å². The van der Waals surface area contributed by atoms with E-state index in [0.29, 0.717) is 12.0 Å². The van der Waals surface area contributed by atoms with Gasteiger partial charge in [-0.25, -0.2) is 0 Å². The van der Waals surface area contributed by atoms with Gasteiger partial charge in [-0.2, -0.15) is 0 Å². The Morgan fingerprint density at radius 2 is 1.94 bits per heavy atom. The van der Waals surface area contributed by atoms with Crippen LogP contribution in [0.4, 0.5) is 0 Å². The van der Waals surface area contributed by atoms with Crippen molar-refractivity contribution in [1.82, 2.24) is 0 Å². The van der Waals surface area contributed by atoms with E-state index in [1.165, 1.54) is 18.4 Å². The predicted molar refractivity (Wildman–Crippen MR) is 73.9 cm³/mol. The number of ether oxygens (including phenoxy) is 1. The fourth-order valence-corrected chi connectivity index (χ4v) is 2.27. The quantitative estimate of drug-likeness (QED) is 0.899. The van der Waals surface area contributed by atoms with Crippen molar-refractivity contribution in [2.45, 2.75) is 38.6 Å². The van der Waals surface area contributed by atoms with Gasteiger partial charge in [-0.15, -0.1) is 12.4 Å². The predicted octanol–water partition coefficient (Wildman–Crippen LogP) is 3.31. The minimum Gasteiger partial charge on any atom is -0.493 e. The van der Waals surface area contributed by atoms with Gasteiger partial charge in [0.1, 0.15) is 5.75 Å². The normalized spacial score (nSPS) is 23.9. The molecular formula is C14H22ClNO. The molecular weight excluding hydrogens is 234 g/mol. The van der Waals surface area contributed by atoms with Gasteiger partial charge in [0.05, 0.1) is 6.61 Å². The molecule has 0 unspecified atom stereocenters. The molecule has 0 aliphatic heterocycles. The van der Waals surface area contributed by atoms with Crippen LogP contribution in [-0.4, -0.2) is 12.6 Å². The number of hydrogen-bond acceptors (Lipinski definition) is 2. The van der Waals surface area contributed by atoms with Gasteiger partial charge in [0.25, 0.3) is 0 Å². The molecule has 1 fully saturated rings. The molecule has 17 heavy (non-hydrogen) atoms. The lowest BCUT2D eigenvalue weighted by Crippen LogP contribution is -2.28. The SMILES string of the molecule is Cc1cccc(OCC2CCC(N)CC2)c1.Cl. The molecule has 0 aromatic heterocycles. The van der Waals surface area contributed by atoms with Crippen LogP contribution >= 0.6 is 12.4 Å². The van der Waals surface area contributed by atoms with Crippen LogP contribution in [0.25, 0.3) is 0 Å². The van der Waals surface area contributed by atoms with Gasteiger partial charge >= 0.3 is 0 Å². The third kappa shape index (κ3) is 4.57. The minimum atomic E-state index is 0. The molecule has 1 saturated carbocycles. The maximum Gasteiger partial charge on any atom is 0.119 e. The van der Waals surface area contributed by atoms with Crippen LogP contribution in [-0.2, 0) is 0 Å². The van der Waals surface area contributed by atoms with Crippen molar-refractivity contribution in [2.24, 2.45) is 11.7 Å².